The van der Waals surface area contributed by atoms with Gasteiger partial charge in [-0.15, -0.1) is 11.6 Å². The molecule has 0 radical (unpaired) electrons. The molecule has 1 amide bonds. The average Bonchev–Trinajstić information content (AvgIpc) is 2.25. The lowest BCUT2D eigenvalue weighted by Gasteiger charge is -2.07. The van der Waals surface area contributed by atoms with Crippen LogP contribution in [0.3, 0.4) is 0 Å². The molecular formula is C11H13ClN2O3. The summed E-state index contributed by atoms with van der Waals surface area (Å²) in [4.78, 5) is 22.0. The molecule has 1 aromatic carbocycles. The van der Waals surface area contributed by atoms with Gasteiger partial charge in [0.2, 0.25) is 0 Å². The number of aryl methyl sites for hydroxylation is 1. The highest BCUT2D eigenvalue weighted by molar-refractivity contribution is 6.20. The molecule has 6 heteroatoms. The van der Waals surface area contributed by atoms with E-state index in [1.807, 2.05) is 0 Å². The van der Waals surface area contributed by atoms with Crippen molar-refractivity contribution in [3.63, 3.8) is 0 Å². The first-order chi connectivity index (χ1) is 7.91. The summed E-state index contributed by atoms with van der Waals surface area (Å²) >= 11 is 5.69. The van der Waals surface area contributed by atoms with Crippen LogP contribution in [0.4, 0.5) is 5.69 Å². The number of halogens is 1. The maximum Gasteiger partial charge on any atom is 0.282 e. The summed E-state index contributed by atoms with van der Waals surface area (Å²) in [7, 11) is 0. The predicted molar refractivity (Wildman–Crippen MR) is 65.5 cm³/mol. The molecule has 1 atom stereocenters. The number of rotatable bonds is 4. The van der Waals surface area contributed by atoms with Crippen molar-refractivity contribution in [1.82, 2.24) is 5.32 Å². The molecule has 0 saturated heterocycles. The molecule has 0 aliphatic carbocycles. The fourth-order valence-corrected chi connectivity index (χ4v) is 1.40. The Kier molecular flexibility index (Phi) is 4.45. The fraction of sp³-hybridized carbons (Fsp3) is 0.364. The molecule has 0 spiro atoms. The van der Waals surface area contributed by atoms with Gasteiger partial charge in [0.1, 0.15) is 5.56 Å². The minimum absolute atomic E-state index is 0.0623. The fourth-order valence-electron chi connectivity index (χ4n) is 1.32. The Morgan fingerprint density at radius 3 is 2.76 bits per heavy atom. The van der Waals surface area contributed by atoms with Crippen molar-refractivity contribution in [2.75, 3.05) is 6.54 Å². The quantitative estimate of drug-likeness (QED) is 0.510. The third kappa shape index (κ3) is 3.71. The maximum atomic E-state index is 11.8. The summed E-state index contributed by atoms with van der Waals surface area (Å²) in [5, 5.41) is 13.1. The van der Waals surface area contributed by atoms with Crippen LogP contribution in [0.15, 0.2) is 18.2 Å². The van der Waals surface area contributed by atoms with Gasteiger partial charge in [-0.1, -0.05) is 6.07 Å². The normalized spacial score (nSPS) is 11.9. The molecule has 0 aromatic heterocycles. The molecule has 1 rings (SSSR count). The van der Waals surface area contributed by atoms with Gasteiger partial charge in [-0.3, -0.25) is 14.9 Å². The van der Waals surface area contributed by atoms with Crippen LogP contribution in [0.1, 0.15) is 22.8 Å². The van der Waals surface area contributed by atoms with Crippen molar-refractivity contribution < 1.29 is 9.72 Å². The Bertz CT molecular complexity index is 446. The van der Waals surface area contributed by atoms with Crippen molar-refractivity contribution >= 4 is 23.2 Å². The first-order valence-electron chi connectivity index (χ1n) is 5.09. The number of hydrogen-bond acceptors (Lipinski definition) is 3. The molecule has 1 N–H and O–H groups in total. The number of alkyl halides is 1. The highest BCUT2D eigenvalue weighted by Crippen LogP contribution is 2.19. The number of benzene rings is 1. The topological polar surface area (TPSA) is 72.2 Å². The molecule has 17 heavy (non-hydrogen) atoms. The van der Waals surface area contributed by atoms with Gasteiger partial charge in [0, 0.05) is 18.0 Å². The van der Waals surface area contributed by atoms with Gasteiger partial charge in [0.05, 0.1) is 4.92 Å². The molecule has 1 unspecified atom stereocenters. The summed E-state index contributed by atoms with van der Waals surface area (Å²) in [5.41, 5.74) is 0.655. The van der Waals surface area contributed by atoms with Crippen LogP contribution in [0, 0.1) is 17.0 Å². The van der Waals surface area contributed by atoms with Crippen LogP contribution in [0.2, 0.25) is 0 Å². The molecule has 92 valence electrons. The highest BCUT2D eigenvalue weighted by Gasteiger charge is 2.19. The van der Waals surface area contributed by atoms with E-state index in [4.69, 9.17) is 11.6 Å². The number of nitro benzene ring substituents is 1. The third-order valence-electron chi connectivity index (χ3n) is 2.14. The zero-order valence-electron chi connectivity index (χ0n) is 9.57. The zero-order chi connectivity index (χ0) is 13.0. The van der Waals surface area contributed by atoms with Crippen LogP contribution in [0.5, 0.6) is 0 Å². The van der Waals surface area contributed by atoms with Crippen molar-refractivity contribution in [1.29, 1.82) is 0 Å². The first kappa shape index (κ1) is 13.4. The van der Waals surface area contributed by atoms with Crippen LogP contribution in [0.25, 0.3) is 0 Å². The summed E-state index contributed by atoms with van der Waals surface area (Å²) < 4.78 is 0. The Hall–Kier alpha value is -1.62. The molecule has 0 fully saturated rings. The number of carbonyl (C=O) groups excluding carboxylic acids is 1. The van der Waals surface area contributed by atoms with E-state index >= 15 is 0 Å². The molecule has 0 aliphatic rings. The molecule has 5 nitrogen and oxygen atoms in total. The Balaban J connectivity index is 2.98. The van der Waals surface area contributed by atoms with E-state index in [2.05, 4.69) is 5.32 Å². The average molecular weight is 257 g/mol. The highest BCUT2D eigenvalue weighted by atomic mass is 35.5. The second-order valence-electron chi connectivity index (χ2n) is 3.77. The number of nitrogens with one attached hydrogen (secondary N) is 1. The van der Waals surface area contributed by atoms with E-state index in [9.17, 15) is 14.9 Å². The lowest BCUT2D eigenvalue weighted by Crippen LogP contribution is -2.29. The number of nitro groups is 1. The van der Waals surface area contributed by atoms with Gasteiger partial charge in [-0.05, 0) is 25.5 Å². The molecule has 0 aliphatic heterocycles. The monoisotopic (exact) mass is 256 g/mol. The number of hydrogen-bond donors (Lipinski definition) is 1. The van der Waals surface area contributed by atoms with Crippen LogP contribution >= 0.6 is 11.6 Å². The molecule has 0 saturated carbocycles. The number of nitrogens with zero attached hydrogens (tertiary/aromatic N) is 1. The summed E-state index contributed by atoms with van der Waals surface area (Å²) in [6.45, 7) is 3.77. The second-order valence-corrected chi connectivity index (χ2v) is 4.51. The second kappa shape index (κ2) is 5.63. The molecular weight excluding hydrogens is 244 g/mol. The summed E-state index contributed by atoms with van der Waals surface area (Å²) in [6.07, 6.45) is 0. The van der Waals surface area contributed by atoms with Gasteiger partial charge in [-0.2, -0.15) is 0 Å². The van der Waals surface area contributed by atoms with Crippen molar-refractivity contribution in [3.8, 4) is 0 Å². The Labute approximate surface area is 104 Å². The van der Waals surface area contributed by atoms with Gasteiger partial charge >= 0.3 is 0 Å². The van der Waals surface area contributed by atoms with Crippen molar-refractivity contribution in [2.24, 2.45) is 0 Å². The minimum Gasteiger partial charge on any atom is -0.350 e. The smallest absolute Gasteiger partial charge is 0.282 e. The summed E-state index contributed by atoms with van der Waals surface area (Å²) in [5.74, 6) is -0.479. The molecule has 1 aromatic rings. The molecule has 0 bridgehead atoms. The lowest BCUT2D eigenvalue weighted by atomic mass is 10.1. The van der Waals surface area contributed by atoms with E-state index in [-0.39, 0.29) is 23.2 Å². The van der Waals surface area contributed by atoms with Crippen LogP contribution < -0.4 is 5.32 Å². The summed E-state index contributed by atoms with van der Waals surface area (Å²) in [6, 6.07) is 4.42. The van der Waals surface area contributed by atoms with Crippen molar-refractivity contribution in [2.45, 2.75) is 19.2 Å². The van der Waals surface area contributed by atoms with Gasteiger partial charge < -0.3 is 5.32 Å². The van der Waals surface area contributed by atoms with Crippen LogP contribution in [-0.2, 0) is 0 Å². The first-order valence-corrected chi connectivity index (χ1v) is 5.52. The van der Waals surface area contributed by atoms with Gasteiger partial charge in [0.25, 0.3) is 11.6 Å². The van der Waals surface area contributed by atoms with E-state index in [0.29, 0.717) is 0 Å². The Morgan fingerprint density at radius 1 is 1.59 bits per heavy atom. The van der Waals surface area contributed by atoms with Crippen LogP contribution in [-0.4, -0.2) is 22.8 Å². The largest absolute Gasteiger partial charge is 0.350 e. The number of amides is 1. The van der Waals surface area contributed by atoms with E-state index in [1.165, 1.54) is 12.1 Å². The standard InChI is InChI=1S/C11H13ClN2O3/c1-7-3-4-10(14(16)17)9(5-7)11(15)13-6-8(2)12/h3-5,8H,6H2,1-2H3,(H,13,15). The Morgan fingerprint density at radius 2 is 2.24 bits per heavy atom. The van der Waals surface area contributed by atoms with E-state index < -0.39 is 10.8 Å². The maximum absolute atomic E-state index is 11.8. The lowest BCUT2D eigenvalue weighted by molar-refractivity contribution is -0.385. The van der Waals surface area contributed by atoms with Gasteiger partial charge in [0.15, 0.2) is 0 Å². The van der Waals surface area contributed by atoms with Crippen molar-refractivity contribution in [3.05, 3.63) is 39.4 Å². The van der Waals surface area contributed by atoms with E-state index in [1.54, 1.807) is 19.9 Å². The zero-order valence-corrected chi connectivity index (χ0v) is 10.3. The van der Waals surface area contributed by atoms with E-state index in [0.717, 1.165) is 5.56 Å². The minimum atomic E-state index is -0.571. The predicted octanol–water partition coefficient (Wildman–Crippen LogP) is 2.26. The van der Waals surface area contributed by atoms with Gasteiger partial charge in [-0.25, -0.2) is 0 Å². The molecule has 0 heterocycles. The SMILES string of the molecule is Cc1ccc([N+](=O)[O-])c(C(=O)NCC(C)Cl)c1. The third-order valence-corrected chi connectivity index (χ3v) is 2.29. The number of carbonyl (C=O) groups is 1.